The Kier molecular flexibility index (Phi) is 9.33. The molecule has 2 aliphatic rings. The molecule has 0 unspecified atom stereocenters. The van der Waals surface area contributed by atoms with Crippen molar-refractivity contribution in [3.05, 3.63) is 138 Å². The van der Waals surface area contributed by atoms with Gasteiger partial charge in [0.1, 0.15) is 0 Å². The average molecular weight is 630 g/mol. The van der Waals surface area contributed by atoms with E-state index in [-0.39, 0.29) is 37.9 Å². The van der Waals surface area contributed by atoms with Gasteiger partial charge in [0.2, 0.25) is 11.8 Å². The normalized spacial score (nSPS) is 17.9. The Balaban J connectivity index is 1.17. The molecule has 0 spiro atoms. The van der Waals surface area contributed by atoms with Gasteiger partial charge in [0.05, 0.1) is 24.5 Å². The fourth-order valence-corrected chi connectivity index (χ4v) is 6.56. The molecule has 3 amide bonds. The fraction of sp³-hybridized carbons (Fsp3) is 0.256. The van der Waals surface area contributed by atoms with Crippen molar-refractivity contribution in [3.63, 3.8) is 0 Å². The van der Waals surface area contributed by atoms with Crippen LogP contribution in [0.5, 0.6) is 0 Å². The zero-order valence-electron chi connectivity index (χ0n) is 26.5. The van der Waals surface area contributed by atoms with E-state index in [0.717, 1.165) is 34.5 Å². The van der Waals surface area contributed by atoms with Gasteiger partial charge in [-0.25, -0.2) is 0 Å². The van der Waals surface area contributed by atoms with Gasteiger partial charge in [0.15, 0.2) is 5.60 Å². The molecular weight excluding hydrogens is 590 g/mol. The van der Waals surface area contributed by atoms with Gasteiger partial charge in [0.25, 0.3) is 5.91 Å². The number of aryl methyl sites for hydroxylation is 1. The molecule has 0 aliphatic carbocycles. The monoisotopic (exact) mass is 629 g/mol. The van der Waals surface area contributed by atoms with Gasteiger partial charge in [-0.05, 0) is 47.4 Å². The first-order chi connectivity index (χ1) is 22.8. The molecule has 2 atom stereocenters. The van der Waals surface area contributed by atoms with Crippen molar-refractivity contribution in [1.82, 2.24) is 4.90 Å². The number of aliphatic hydroxyl groups is 2. The second kappa shape index (κ2) is 13.7. The minimum absolute atomic E-state index is 0.0474. The minimum atomic E-state index is -1.81. The van der Waals surface area contributed by atoms with Crippen LogP contribution in [-0.4, -0.2) is 46.0 Å². The first kappa shape index (κ1) is 31.9. The average Bonchev–Trinajstić information content (AvgIpc) is 3.31. The van der Waals surface area contributed by atoms with E-state index in [0.29, 0.717) is 24.2 Å². The summed E-state index contributed by atoms with van der Waals surface area (Å²) in [5, 5.41) is 21.5. The predicted octanol–water partition coefficient (Wildman–Crippen LogP) is 5.64. The minimum Gasteiger partial charge on any atom is -0.395 e. The van der Waals surface area contributed by atoms with Gasteiger partial charge in [-0.15, -0.1) is 0 Å². The van der Waals surface area contributed by atoms with Crippen molar-refractivity contribution >= 4 is 34.8 Å². The summed E-state index contributed by atoms with van der Waals surface area (Å²) in [6.07, 6.45) is 4.66. The molecule has 8 nitrogen and oxygen atoms in total. The van der Waals surface area contributed by atoms with E-state index < -0.39 is 17.4 Å². The largest absolute Gasteiger partial charge is 0.395 e. The molecule has 4 aromatic carbocycles. The fourth-order valence-electron chi connectivity index (χ4n) is 6.56. The Bertz CT molecular complexity index is 1790. The van der Waals surface area contributed by atoms with Crippen LogP contribution in [0.3, 0.4) is 0 Å². The van der Waals surface area contributed by atoms with Crippen LogP contribution in [0, 0.1) is 5.92 Å². The standard InChI is InChI=1S/C39H39N3O5/c1-28(10-9-17-36(44)40(24-25-43)26-29-11-3-2-4-12-29)39(47)33-14-6-8-16-35(33)41(38(39)46)27-30-18-21-32(22-19-30)42-34-15-7-5-13-31(34)20-23-37(42)45/h2-16,18-19,21-22,28,43,47H,17,20,23-27H2,1H3/b10-9+/t28-,39+/m1/s1. The third-order valence-electron chi connectivity index (χ3n) is 9.12. The summed E-state index contributed by atoms with van der Waals surface area (Å²) in [4.78, 5) is 44.9. The van der Waals surface area contributed by atoms with E-state index in [1.807, 2.05) is 91.0 Å². The maximum atomic E-state index is 14.0. The molecule has 2 heterocycles. The van der Waals surface area contributed by atoms with Gasteiger partial charge in [-0.3, -0.25) is 19.3 Å². The van der Waals surface area contributed by atoms with E-state index in [4.69, 9.17) is 0 Å². The summed E-state index contributed by atoms with van der Waals surface area (Å²) in [5.74, 6) is -1.16. The molecule has 0 saturated carbocycles. The third-order valence-corrected chi connectivity index (χ3v) is 9.12. The summed E-state index contributed by atoms with van der Waals surface area (Å²) in [6.45, 7) is 2.47. The highest BCUT2D eigenvalue weighted by atomic mass is 16.3. The zero-order chi connectivity index (χ0) is 33.0. The molecule has 240 valence electrons. The van der Waals surface area contributed by atoms with Gasteiger partial charge in [0, 0.05) is 43.1 Å². The summed E-state index contributed by atoms with van der Waals surface area (Å²) < 4.78 is 0. The smallest absolute Gasteiger partial charge is 0.264 e. The number of carbonyl (C=O) groups is 3. The highest BCUT2D eigenvalue weighted by molar-refractivity contribution is 6.07. The number of hydrogen-bond acceptors (Lipinski definition) is 5. The molecule has 0 fully saturated rings. The lowest BCUT2D eigenvalue weighted by molar-refractivity contribution is -0.139. The molecule has 6 rings (SSSR count). The van der Waals surface area contributed by atoms with Gasteiger partial charge in [-0.1, -0.05) is 97.9 Å². The van der Waals surface area contributed by atoms with Gasteiger partial charge < -0.3 is 20.0 Å². The molecule has 0 saturated heterocycles. The summed E-state index contributed by atoms with van der Waals surface area (Å²) in [6, 6.07) is 32.4. The highest BCUT2D eigenvalue weighted by Crippen LogP contribution is 2.46. The number of para-hydroxylation sites is 2. The Morgan fingerprint density at radius 1 is 0.872 bits per heavy atom. The Morgan fingerprint density at radius 3 is 2.30 bits per heavy atom. The molecule has 0 bridgehead atoms. The summed E-state index contributed by atoms with van der Waals surface area (Å²) >= 11 is 0. The summed E-state index contributed by atoms with van der Waals surface area (Å²) in [5.41, 5.74) is 3.97. The molecular formula is C39H39N3O5. The first-order valence-electron chi connectivity index (χ1n) is 16.0. The number of benzene rings is 4. The van der Waals surface area contributed by atoms with Crippen molar-refractivity contribution in [2.24, 2.45) is 5.92 Å². The van der Waals surface area contributed by atoms with Crippen LogP contribution in [0.1, 0.15) is 42.0 Å². The molecule has 0 radical (unpaired) electrons. The van der Waals surface area contributed by atoms with Crippen LogP contribution in [0.4, 0.5) is 17.1 Å². The maximum absolute atomic E-state index is 14.0. The predicted molar refractivity (Wildman–Crippen MR) is 182 cm³/mol. The van der Waals surface area contributed by atoms with Crippen molar-refractivity contribution in [2.45, 2.75) is 44.9 Å². The highest BCUT2D eigenvalue weighted by Gasteiger charge is 2.52. The number of rotatable bonds is 11. The topological polar surface area (TPSA) is 101 Å². The molecule has 8 heteroatoms. The van der Waals surface area contributed by atoms with E-state index >= 15 is 0 Å². The van der Waals surface area contributed by atoms with E-state index in [2.05, 4.69) is 0 Å². The first-order valence-corrected chi connectivity index (χ1v) is 16.0. The van der Waals surface area contributed by atoms with Crippen LogP contribution in [0.2, 0.25) is 0 Å². The number of nitrogens with zero attached hydrogens (tertiary/aromatic N) is 3. The second-order valence-corrected chi connectivity index (χ2v) is 12.1. The van der Waals surface area contributed by atoms with E-state index in [1.54, 1.807) is 45.9 Å². The quantitative estimate of drug-likeness (QED) is 0.209. The Morgan fingerprint density at radius 2 is 1.55 bits per heavy atom. The molecule has 47 heavy (non-hydrogen) atoms. The van der Waals surface area contributed by atoms with Crippen LogP contribution >= 0.6 is 0 Å². The van der Waals surface area contributed by atoms with Crippen LogP contribution < -0.4 is 9.80 Å². The van der Waals surface area contributed by atoms with Crippen LogP contribution in [0.25, 0.3) is 0 Å². The lowest BCUT2D eigenvalue weighted by Gasteiger charge is -2.30. The lowest BCUT2D eigenvalue weighted by atomic mass is 9.83. The van der Waals surface area contributed by atoms with Gasteiger partial charge >= 0.3 is 0 Å². The van der Waals surface area contributed by atoms with Crippen molar-refractivity contribution < 1.29 is 24.6 Å². The summed E-state index contributed by atoms with van der Waals surface area (Å²) in [7, 11) is 0. The van der Waals surface area contributed by atoms with Crippen molar-refractivity contribution in [2.75, 3.05) is 23.0 Å². The third kappa shape index (κ3) is 6.35. The molecule has 2 aliphatic heterocycles. The lowest BCUT2D eigenvalue weighted by Crippen LogP contribution is -2.44. The Labute approximate surface area is 275 Å². The molecule has 2 N–H and O–H groups in total. The number of anilines is 3. The number of amides is 3. The van der Waals surface area contributed by atoms with Crippen molar-refractivity contribution in [3.8, 4) is 0 Å². The zero-order valence-corrected chi connectivity index (χ0v) is 26.5. The number of fused-ring (bicyclic) bond motifs is 2. The maximum Gasteiger partial charge on any atom is 0.264 e. The Hall–Kier alpha value is -5.05. The van der Waals surface area contributed by atoms with E-state index in [9.17, 15) is 24.6 Å². The van der Waals surface area contributed by atoms with Crippen LogP contribution in [-0.2, 0) is 39.5 Å². The molecule has 0 aromatic heterocycles. The number of hydrogen-bond donors (Lipinski definition) is 2. The van der Waals surface area contributed by atoms with Crippen LogP contribution in [0.15, 0.2) is 115 Å². The second-order valence-electron chi connectivity index (χ2n) is 12.1. The SMILES string of the molecule is C[C@H](/C=C/CC(=O)N(CCO)Cc1ccccc1)[C@@]1(O)C(=O)N(Cc2ccc(N3C(=O)CCc4ccccc43)cc2)c2ccccc21. The number of aliphatic hydroxyl groups excluding tert-OH is 1. The van der Waals surface area contributed by atoms with Gasteiger partial charge in [-0.2, -0.15) is 0 Å². The van der Waals surface area contributed by atoms with E-state index in [1.165, 1.54) is 0 Å². The number of carbonyl (C=O) groups excluding carboxylic acids is 3. The molecule has 4 aromatic rings. The van der Waals surface area contributed by atoms with Crippen molar-refractivity contribution in [1.29, 1.82) is 0 Å².